The number of carbonyl (C=O) groups is 2. The number of hydrogen-bond acceptors (Lipinski definition) is 4. The van der Waals surface area contributed by atoms with Crippen molar-refractivity contribution in [1.82, 2.24) is 9.88 Å². The molecule has 7 heteroatoms. The van der Waals surface area contributed by atoms with Gasteiger partial charge in [-0.3, -0.25) is 9.59 Å². The molecule has 1 aromatic carbocycles. The Kier molecular flexibility index (Phi) is 4.28. The minimum absolute atomic E-state index is 0.0513. The van der Waals surface area contributed by atoms with E-state index in [0.29, 0.717) is 37.4 Å². The molecule has 6 nitrogen and oxygen atoms in total. The van der Waals surface area contributed by atoms with Crippen LogP contribution in [0.3, 0.4) is 0 Å². The number of halogens is 1. The molecule has 0 unspecified atom stereocenters. The van der Waals surface area contributed by atoms with Crippen LogP contribution in [0.5, 0.6) is 0 Å². The van der Waals surface area contributed by atoms with Gasteiger partial charge >= 0.3 is 0 Å². The van der Waals surface area contributed by atoms with Crippen molar-refractivity contribution in [3.05, 3.63) is 54.0 Å². The first-order valence-electron chi connectivity index (χ1n) is 8.66. The number of pyridine rings is 1. The standard InChI is InChI=1S/C19H19FN4O2/c20-13-4-5-16-14(11-13)15(12-18(25)22-16)19(26)24-9-7-23(8-10-24)17-3-1-2-6-21-17/h1-6,11,15H,7-10,12H2,(H,22,25)/t15-/m0/s1. The normalized spacial score (nSPS) is 19.7. The zero-order valence-corrected chi connectivity index (χ0v) is 14.2. The van der Waals surface area contributed by atoms with E-state index in [-0.39, 0.29) is 18.2 Å². The molecule has 0 bridgehead atoms. The Morgan fingerprint density at radius 2 is 1.96 bits per heavy atom. The summed E-state index contributed by atoms with van der Waals surface area (Å²) in [5.74, 6) is -0.473. The van der Waals surface area contributed by atoms with Crippen molar-refractivity contribution in [2.24, 2.45) is 0 Å². The smallest absolute Gasteiger partial charge is 0.230 e. The van der Waals surface area contributed by atoms with Crippen LogP contribution in [0.2, 0.25) is 0 Å². The SMILES string of the molecule is O=C1C[C@H](C(=O)N2CCN(c3ccccn3)CC2)c2cc(F)ccc2N1. The predicted molar refractivity (Wildman–Crippen MR) is 95.4 cm³/mol. The second-order valence-corrected chi connectivity index (χ2v) is 6.54. The van der Waals surface area contributed by atoms with Gasteiger partial charge < -0.3 is 15.1 Å². The summed E-state index contributed by atoms with van der Waals surface area (Å²) in [6.07, 6.45) is 1.80. The lowest BCUT2D eigenvalue weighted by Crippen LogP contribution is -2.51. The Morgan fingerprint density at radius 1 is 1.15 bits per heavy atom. The maximum Gasteiger partial charge on any atom is 0.230 e. The highest BCUT2D eigenvalue weighted by atomic mass is 19.1. The number of nitrogens with zero attached hydrogens (tertiary/aromatic N) is 3. The summed E-state index contributed by atoms with van der Waals surface area (Å²) in [5.41, 5.74) is 1.08. The van der Waals surface area contributed by atoms with Gasteiger partial charge in [-0.2, -0.15) is 0 Å². The van der Waals surface area contributed by atoms with Crippen LogP contribution < -0.4 is 10.2 Å². The lowest BCUT2D eigenvalue weighted by molar-refractivity contribution is -0.135. The van der Waals surface area contributed by atoms with Crippen LogP contribution in [0.15, 0.2) is 42.6 Å². The van der Waals surface area contributed by atoms with Gasteiger partial charge in [0.1, 0.15) is 11.6 Å². The molecule has 0 spiro atoms. The molecule has 26 heavy (non-hydrogen) atoms. The first-order chi connectivity index (χ1) is 12.6. The first kappa shape index (κ1) is 16.5. The van der Waals surface area contributed by atoms with Crippen LogP contribution in [0.4, 0.5) is 15.9 Å². The third kappa shape index (κ3) is 3.12. The van der Waals surface area contributed by atoms with Crippen molar-refractivity contribution in [3.8, 4) is 0 Å². The molecule has 0 aliphatic carbocycles. The minimum atomic E-state index is -0.629. The molecule has 2 aromatic rings. The number of hydrogen-bond donors (Lipinski definition) is 1. The second-order valence-electron chi connectivity index (χ2n) is 6.54. The number of benzene rings is 1. The number of carbonyl (C=O) groups excluding carboxylic acids is 2. The highest BCUT2D eigenvalue weighted by molar-refractivity contribution is 6.01. The highest BCUT2D eigenvalue weighted by Crippen LogP contribution is 2.34. The van der Waals surface area contributed by atoms with Crippen molar-refractivity contribution in [2.75, 3.05) is 36.4 Å². The van der Waals surface area contributed by atoms with E-state index in [1.54, 1.807) is 11.1 Å². The van der Waals surface area contributed by atoms with Gasteiger partial charge in [0.15, 0.2) is 0 Å². The van der Waals surface area contributed by atoms with Crippen molar-refractivity contribution >= 4 is 23.3 Å². The van der Waals surface area contributed by atoms with Crippen molar-refractivity contribution < 1.29 is 14.0 Å². The number of fused-ring (bicyclic) bond motifs is 1. The van der Waals surface area contributed by atoms with Crippen LogP contribution in [0.25, 0.3) is 0 Å². The average Bonchev–Trinajstić information content (AvgIpc) is 2.68. The molecule has 0 saturated carbocycles. The number of anilines is 2. The molecule has 0 radical (unpaired) electrons. The van der Waals surface area contributed by atoms with E-state index < -0.39 is 11.7 Å². The molecule has 2 amide bonds. The second kappa shape index (κ2) is 6.74. The summed E-state index contributed by atoms with van der Waals surface area (Å²) in [7, 11) is 0. The van der Waals surface area contributed by atoms with Gasteiger partial charge in [0.05, 0.1) is 5.92 Å². The Bertz CT molecular complexity index is 835. The van der Waals surface area contributed by atoms with E-state index in [4.69, 9.17) is 0 Å². The Morgan fingerprint density at radius 3 is 2.69 bits per heavy atom. The molecule has 134 valence electrons. The molecule has 1 aromatic heterocycles. The Hall–Kier alpha value is -2.96. The molecule has 4 rings (SSSR count). The van der Waals surface area contributed by atoms with E-state index in [1.807, 2.05) is 18.2 Å². The molecule has 1 N–H and O–H groups in total. The van der Waals surface area contributed by atoms with Gasteiger partial charge in [0.25, 0.3) is 0 Å². The molecule has 1 saturated heterocycles. The van der Waals surface area contributed by atoms with Gasteiger partial charge in [0.2, 0.25) is 11.8 Å². The maximum atomic E-state index is 13.7. The van der Waals surface area contributed by atoms with Gasteiger partial charge in [-0.05, 0) is 35.9 Å². The fourth-order valence-electron chi connectivity index (χ4n) is 3.57. The number of nitrogens with one attached hydrogen (secondary N) is 1. The van der Waals surface area contributed by atoms with E-state index in [0.717, 1.165) is 5.82 Å². The van der Waals surface area contributed by atoms with Crippen molar-refractivity contribution in [2.45, 2.75) is 12.3 Å². The molecule has 1 fully saturated rings. The van der Waals surface area contributed by atoms with E-state index in [9.17, 15) is 14.0 Å². The molecule has 2 aliphatic heterocycles. The van der Waals surface area contributed by atoms with Gasteiger partial charge in [-0.25, -0.2) is 9.37 Å². The van der Waals surface area contributed by atoms with Crippen LogP contribution in [0.1, 0.15) is 17.9 Å². The Balaban J connectivity index is 1.49. The first-order valence-corrected chi connectivity index (χ1v) is 8.66. The highest BCUT2D eigenvalue weighted by Gasteiger charge is 2.35. The number of aromatic nitrogens is 1. The van der Waals surface area contributed by atoms with E-state index in [1.165, 1.54) is 18.2 Å². The summed E-state index contributed by atoms with van der Waals surface area (Å²) < 4.78 is 13.7. The van der Waals surface area contributed by atoms with Crippen LogP contribution in [0, 0.1) is 5.82 Å². The van der Waals surface area contributed by atoms with Crippen LogP contribution in [-0.4, -0.2) is 47.9 Å². The van der Waals surface area contributed by atoms with E-state index >= 15 is 0 Å². The third-order valence-corrected chi connectivity index (χ3v) is 4.92. The lowest BCUT2D eigenvalue weighted by Gasteiger charge is -2.37. The lowest BCUT2D eigenvalue weighted by atomic mass is 9.89. The van der Waals surface area contributed by atoms with Crippen molar-refractivity contribution in [1.29, 1.82) is 0 Å². The van der Waals surface area contributed by atoms with Crippen LogP contribution in [-0.2, 0) is 9.59 Å². The van der Waals surface area contributed by atoms with E-state index in [2.05, 4.69) is 15.2 Å². The fraction of sp³-hybridized carbons (Fsp3) is 0.316. The van der Waals surface area contributed by atoms with Crippen molar-refractivity contribution in [3.63, 3.8) is 0 Å². The Labute approximate surface area is 150 Å². The minimum Gasteiger partial charge on any atom is -0.353 e. The summed E-state index contributed by atoms with van der Waals surface area (Å²) >= 11 is 0. The molecule has 1 atom stereocenters. The number of amides is 2. The quantitative estimate of drug-likeness (QED) is 0.896. The topological polar surface area (TPSA) is 65.5 Å². The third-order valence-electron chi connectivity index (χ3n) is 4.92. The average molecular weight is 354 g/mol. The predicted octanol–water partition coefficient (Wildman–Crippen LogP) is 2.00. The molecular formula is C19H19FN4O2. The van der Waals surface area contributed by atoms with Gasteiger partial charge in [-0.15, -0.1) is 0 Å². The van der Waals surface area contributed by atoms with Crippen LogP contribution >= 0.6 is 0 Å². The van der Waals surface area contributed by atoms with Gasteiger partial charge in [-0.1, -0.05) is 6.07 Å². The largest absolute Gasteiger partial charge is 0.353 e. The summed E-state index contributed by atoms with van der Waals surface area (Å²) in [5, 5.41) is 2.71. The zero-order chi connectivity index (χ0) is 18.1. The zero-order valence-electron chi connectivity index (χ0n) is 14.2. The maximum absolute atomic E-state index is 13.7. The summed E-state index contributed by atoms with van der Waals surface area (Å²) in [6.45, 7) is 2.46. The number of rotatable bonds is 2. The molecule has 3 heterocycles. The number of piperazine rings is 1. The summed E-state index contributed by atoms with van der Waals surface area (Å²) in [6, 6.07) is 9.90. The monoisotopic (exact) mass is 354 g/mol. The summed E-state index contributed by atoms with van der Waals surface area (Å²) in [4.78, 5) is 33.2. The fourth-order valence-corrected chi connectivity index (χ4v) is 3.57. The van der Waals surface area contributed by atoms with Gasteiger partial charge in [0, 0.05) is 44.5 Å². The molecular weight excluding hydrogens is 335 g/mol. The molecule has 2 aliphatic rings.